The number of fused-ring (bicyclic) bond motifs is 1. The van der Waals surface area contributed by atoms with Gasteiger partial charge in [-0.25, -0.2) is 0 Å². The summed E-state index contributed by atoms with van der Waals surface area (Å²) >= 11 is 1.81. The summed E-state index contributed by atoms with van der Waals surface area (Å²) in [6.07, 6.45) is 0.457. The molecule has 0 saturated carbocycles. The monoisotopic (exact) mass is 224 g/mol. The van der Waals surface area contributed by atoms with Crippen molar-refractivity contribution in [2.45, 2.75) is 36.0 Å². The van der Waals surface area contributed by atoms with E-state index in [0.29, 0.717) is 0 Å². The lowest BCUT2D eigenvalue weighted by atomic mass is 9.98. The van der Waals surface area contributed by atoms with Gasteiger partial charge in [-0.05, 0) is 24.1 Å². The van der Waals surface area contributed by atoms with Crippen LogP contribution in [0.25, 0.3) is 0 Å². The summed E-state index contributed by atoms with van der Waals surface area (Å²) in [5, 5.41) is 10.0. The van der Waals surface area contributed by atoms with Crippen molar-refractivity contribution in [2.75, 3.05) is 7.11 Å². The molecule has 0 spiro atoms. The molecule has 2 rings (SSSR count). The molecule has 1 atom stereocenters. The quantitative estimate of drug-likeness (QED) is 0.795. The van der Waals surface area contributed by atoms with E-state index in [2.05, 4.69) is 13.8 Å². The Hall–Kier alpha value is -0.670. The molecule has 1 aliphatic rings. The third kappa shape index (κ3) is 2.13. The molecular weight excluding hydrogens is 208 g/mol. The summed E-state index contributed by atoms with van der Waals surface area (Å²) in [5.41, 5.74) is 1.03. The average molecular weight is 224 g/mol. The minimum atomic E-state index is -0.345. The first kappa shape index (κ1) is 10.8. The fraction of sp³-hybridized carbons (Fsp3) is 0.500. The Kier molecular flexibility index (Phi) is 2.69. The van der Waals surface area contributed by atoms with Gasteiger partial charge in [0.2, 0.25) is 0 Å². The van der Waals surface area contributed by atoms with Crippen molar-refractivity contribution in [3.05, 3.63) is 23.8 Å². The van der Waals surface area contributed by atoms with E-state index in [1.165, 1.54) is 0 Å². The summed E-state index contributed by atoms with van der Waals surface area (Å²) in [4.78, 5) is 1.14. The number of rotatable bonds is 1. The zero-order chi connectivity index (χ0) is 11.1. The van der Waals surface area contributed by atoms with E-state index in [1.54, 1.807) is 7.11 Å². The third-order valence-electron chi connectivity index (χ3n) is 2.65. The molecule has 0 radical (unpaired) electrons. The number of hydrogen-bond acceptors (Lipinski definition) is 3. The van der Waals surface area contributed by atoms with Crippen LogP contribution in [0.4, 0.5) is 0 Å². The predicted octanol–water partition coefficient (Wildman–Crippen LogP) is 3.00. The topological polar surface area (TPSA) is 29.5 Å². The molecule has 0 saturated heterocycles. The number of ether oxygens (including phenoxy) is 1. The second-order valence-electron chi connectivity index (χ2n) is 4.49. The van der Waals surface area contributed by atoms with Gasteiger partial charge in [0, 0.05) is 9.64 Å². The Morgan fingerprint density at radius 3 is 2.87 bits per heavy atom. The van der Waals surface area contributed by atoms with Crippen LogP contribution >= 0.6 is 11.8 Å². The van der Waals surface area contributed by atoms with Crippen LogP contribution in [0, 0.1) is 0 Å². The lowest BCUT2D eigenvalue weighted by molar-refractivity contribution is 0.151. The van der Waals surface area contributed by atoms with Crippen molar-refractivity contribution in [3.8, 4) is 5.75 Å². The lowest BCUT2D eigenvalue weighted by Gasteiger charge is -2.34. The molecule has 1 aromatic rings. The van der Waals surface area contributed by atoms with Crippen LogP contribution in [0.15, 0.2) is 23.1 Å². The second kappa shape index (κ2) is 3.72. The van der Waals surface area contributed by atoms with E-state index in [-0.39, 0.29) is 10.9 Å². The third-order valence-corrected chi connectivity index (χ3v) is 3.94. The van der Waals surface area contributed by atoms with Crippen LogP contribution in [0.1, 0.15) is 31.9 Å². The molecule has 0 bridgehead atoms. The summed E-state index contributed by atoms with van der Waals surface area (Å²) in [6, 6.07) is 5.87. The van der Waals surface area contributed by atoms with Crippen LogP contribution in [-0.2, 0) is 0 Å². The highest BCUT2D eigenvalue weighted by Gasteiger charge is 2.31. The molecular formula is C12H16O2S. The van der Waals surface area contributed by atoms with Gasteiger partial charge in [0.1, 0.15) is 5.75 Å². The zero-order valence-electron chi connectivity index (χ0n) is 9.28. The van der Waals surface area contributed by atoms with Crippen LogP contribution < -0.4 is 4.74 Å². The first-order valence-electron chi connectivity index (χ1n) is 5.07. The highest BCUT2D eigenvalue weighted by molar-refractivity contribution is 8.00. The number of benzene rings is 1. The smallest absolute Gasteiger partial charge is 0.120 e. The maximum Gasteiger partial charge on any atom is 0.120 e. The number of methoxy groups -OCH3 is 1. The largest absolute Gasteiger partial charge is 0.497 e. The Morgan fingerprint density at radius 1 is 1.47 bits per heavy atom. The Morgan fingerprint density at radius 2 is 2.20 bits per heavy atom. The number of aliphatic hydroxyl groups is 1. The van der Waals surface area contributed by atoms with Crippen LogP contribution in [-0.4, -0.2) is 17.0 Å². The maximum atomic E-state index is 10.0. The molecule has 0 aromatic heterocycles. The van der Waals surface area contributed by atoms with Crippen molar-refractivity contribution in [3.63, 3.8) is 0 Å². The number of hydrogen-bond donors (Lipinski definition) is 1. The minimum Gasteiger partial charge on any atom is -0.497 e. The van der Waals surface area contributed by atoms with Gasteiger partial charge in [0.15, 0.2) is 0 Å². The summed E-state index contributed by atoms with van der Waals surface area (Å²) < 4.78 is 5.28. The normalized spacial score (nSPS) is 23.3. The van der Waals surface area contributed by atoms with Crippen molar-refractivity contribution in [1.82, 2.24) is 0 Å². The van der Waals surface area contributed by atoms with Crippen LogP contribution in [0.5, 0.6) is 5.75 Å². The van der Waals surface area contributed by atoms with Gasteiger partial charge in [-0.15, -0.1) is 11.8 Å². The summed E-state index contributed by atoms with van der Waals surface area (Å²) in [6.45, 7) is 4.31. The van der Waals surface area contributed by atoms with Crippen molar-refractivity contribution in [2.24, 2.45) is 0 Å². The van der Waals surface area contributed by atoms with Crippen molar-refractivity contribution >= 4 is 11.8 Å². The van der Waals surface area contributed by atoms with Crippen molar-refractivity contribution in [1.29, 1.82) is 0 Å². The van der Waals surface area contributed by atoms with E-state index in [0.717, 1.165) is 22.6 Å². The summed E-state index contributed by atoms with van der Waals surface area (Å²) in [7, 11) is 1.66. The van der Waals surface area contributed by atoms with E-state index in [9.17, 15) is 5.11 Å². The predicted molar refractivity (Wildman–Crippen MR) is 62.5 cm³/mol. The van der Waals surface area contributed by atoms with E-state index in [1.807, 2.05) is 30.0 Å². The molecule has 82 valence electrons. The van der Waals surface area contributed by atoms with Gasteiger partial charge in [0.25, 0.3) is 0 Å². The standard InChI is InChI=1S/C12H16O2S/c1-12(2)7-10(13)9-5-4-8(14-3)6-11(9)15-12/h4-6,10,13H,7H2,1-3H3. The fourth-order valence-corrected chi connectivity index (χ4v) is 3.25. The average Bonchev–Trinajstić information content (AvgIpc) is 2.14. The molecule has 1 heterocycles. The van der Waals surface area contributed by atoms with E-state index in [4.69, 9.17) is 4.74 Å². The van der Waals surface area contributed by atoms with Gasteiger partial charge in [0.05, 0.1) is 13.2 Å². The molecule has 1 unspecified atom stereocenters. The first-order chi connectivity index (χ1) is 7.02. The molecule has 15 heavy (non-hydrogen) atoms. The van der Waals surface area contributed by atoms with Gasteiger partial charge < -0.3 is 9.84 Å². The molecule has 0 aliphatic carbocycles. The fourth-order valence-electron chi connectivity index (χ4n) is 1.92. The molecule has 3 heteroatoms. The molecule has 1 aliphatic heterocycles. The Balaban J connectivity index is 2.42. The molecule has 0 amide bonds. The molecule has 1 N–H and O–H groups in total. The highest BCUT2D eigenvalue weighted by atomic mass is 32.2. The SMILES string of the molecule is COc1ccc2c(c1)SC(C)(C)CC2O. The zero-order valence-corrected chi connectivity index (χ0v) is 10.1. The van der Waals surface area contributed by atoms with Gasteiger partial charge >= 0.3 is 0 Å². The minimum absolute atomic E-state index is 0.0960. The first-order valence-corrected chi connectivity index (χ1v) is 5.88. The molecule has 2 nitrogen and oxygen atoms in total. The lowest BCUT2D eigenvalue weighted by Crippen LogP contribution is -2.23. The Labute approximate surface area is 94.6 Å². The van der Waals surface area contributed by atoms with Crippen molar-refractivity contribution < 1.29 is 9.84 Å². The van der Waals surface area contributed by atoms with E-state index >= 15 is 0 Å². The molecule has 1 aromatic carbocycles. The van der Waals surface area contributed by atoms with Crippen LogP contribution in [0.3, 0.4) is 0 Å². The second-order valence-corrected chi connectivity index (χ2v) is 6.23. The summed E-state index contributed by atoms with van der Waals surface area (Å²) in [5.74, 6) is 0.853. The maximum absolute atomic E-state index is 10.0. The molecule has 0 fully saturated rings. The van der Waals surface area contributed by atoms with Gasteiger partial charge in [-0.2, -0.15) is 0 Å². The number of aliphatic hydroxyl groups excluding tert-OH is 1. The van der Waals surface area contributed by atoms with Gasteiger partial charge in [-0.1, -0.05) is 19.9 Å². The van der Waals surface area contributed by atoms with Gasteiger partial charge in [-0.3, -0.25) is 0 Å². The van der Waals surface area contributed by atoms with Crippen LogP contribution in [0.2, 0.25) is 0 Å². The van der Waals surface area contributed by atoms with E-state index < -0.39 is 0 Å². The Bertz CT molecular complexity index is 374. The number of thioether (sulfide) groups is 1. The highest BCUT2D eigenvalue weighted by Crippen LogP contribution is 2.48.